The van der Waals surface area contributed by atoms with Crippen molar-refractivity contribution in [3.8, 4) is 0 Å². The maximum Gasteiger partial charge on any atom is 0.295 e. The average molecular weight is 253 g/mol. The van der Waals surface area contributed by atoms with Gasteiger partial charge in [0.15, 0.2) is 0 Å². The normalized spacial score (nSPS) is 11.6. The van der Waals surface area contributed by atoms with Gasteiger partial charge in [-0.25, -0.2) is 0 Å². The zero-order valence-corrected chi connectivity index (χ0v) is 9.22. The molecule has 0 spiro atoms. The van der Waals surface area contributed by atoms with Crippen LogP contribution in [0.1, 0.15) is 0 Å². The first-order valence-electron chi connectivity index (χ1n) is 4.54. The first-order valence-corrected chi connectivity index (χ1v) is 5.98. The van der Waals surface area contributed by atoms with Crippen molar-refractivity contribution in [2.75, 3.05) is 0 Å². The molecule has 0 bridgehead atoms. The predicted octanol–water partition coefficient (Wildman–Crippen LogP) is 1.99. The summed E-state index contributed by atoms with van der Waals surface area (Å²) in [4.78, 5) is 9.74. The first-order chi connectivity index (χ1) is 7.89. The molecular formula is C10H7NO5S. The highest BCUT2D eigenvalue weighted by Crippen LogP contribution is 2.26. The Hall–Kier alpha value is -1.99. The van der Waals surface area contributed by atoms with Crippen LogP contribution in [0.5, 0.6) is 0 Å². The minimum absolute atomic E-state index is 0.134. The van der Waals surface area contributed by atoms with E-state index >= 15 is 0 Å². The Bertz CT molecular complexity index is 708. The van der Waals surface area contributed by atoms with Crippen LogP contribution in [0, 0.1) is 10.1 Å². The molecule has 0 saturated heterocycles. The van der Waals surface area contributed by atoms with Crippen molar-refractivity contribution in [2.24, 2.45) is 0 Å². The summed E-state index contributed by atoms with van der Waals surface area (Å²) in [5, 5.41) is 11.2. The van der Waals surface area contributed by atoms with E-state index in [4.69, 9.17) is 4.55 Å². The molecule has 2 rings (SSSR count). The summed E-state index contributed by atoms with van der Waals surface area (Å²) in [5.41, 5.74) is -0.134. The van der Waals surface area contributed by atoms with Gasteiger partial charge < -0.3 is 0 Å². The number of hydrogen-bond acceptors (Lipinski definition) is 4. The van der Waals surface area contributed by atoms with E-state index in [1.54, 1.807) is 0 Å². The van der Waals surface area contributed by atoms with Crippen molar-refractivity contribution in [1.29, 1.82) is 0 Å². The van der Waals surface area contributed by atoms with Gasteiger partial charge in [-0.3, -0.25) is 14.7 Å². The van der Waals surface area contributed by atoms with E-state index in [9.17, 15) is 18.5 Å². The highest BCUT2D eigenvalue weighted by molar-refractivity contribution is 7.86. The second-order valence-electron chi connectivity index (χ2n) is 3.39. The molecule has 0 aliphatic rings. The third kappa shape index (κ3) is 2.10. The SMILES string of the molecule is O=[N+]([O-])c1ccc2c(S(=O)(=O)O)cccc2c1. The molecule has 0 fully saturated rings. The van der Waals surface area contributed by atoms with Crippen LogP contribution in [0.25, 0.3) is 10.8 Å². The molecule has 2 aromatic rings. The van der Waals surface area contributed by atoms with Crippen molar-refractivity contribution >= 4 is 26.6 Å². The van der Waals surface area contributed by atoms with Crippen molar-refractivity contribution in [2.45, 2.75) is 4.90 Å². The number of hydrogen-bond donors (Lipinski definition) is 1. The van der Waals surface area contributed by atoms with Crippen LogP contribution in [0.2, 0.25) is 0 Å². The second-order valence-corrected chi connectivity index (χ2v) is 4.78. The van der Waals surface area contributed by atoms with Gasteiger partial charge in [0.25, 0.3) is 15.8 Å². The van der Waals surface area contributed by atoms with Gasteiger partial charge in [0, 0.05) is 17.5 Å². The zero-order chi connectivity index (χ0) is 12.6. The van der Waals surface area contributed by atoms with Gasteiger partial charge >= 0.3 is 0 Å². The predicted molar refractivity (Wildman–Crippen MR) is 60.4 cm³/mol. The number of nitro benzene ring substituents is 1. The first kappa shape index (κ1) is 11.5. The molecule has 17 heavy (non-hydrogen) atoms. The standard InChI is InChI=1S/C10H7NO5S/c12-11(13)8-4-5-9-7(6-8)2-1-3-10(9)17(14,15)16/h1-6H,(H,14,15,16). The number of nitrogens with zero attached hydrogens (tertiary/aromatic N) is 1. The van der Waals surface area contributed by atoms with E-state index in [1.807, 2.05) is 0 Å². The molecule has 88 valence electrons. The lowest BCUT2D eigenvalue weighted by atomic mass is 10.1. The maximum atomic E-state index is 11.1. The van der Waals surface area contributed by atoms with E-state index in [0.717, 1.165) is 0 Å². The average Bonchev–Trinajstić information content (AvgIpc) is 2.26. The van der Waals surface area contributed by atoms with Crippen molar-refractivity contribution in [1.82, 2.24) is 0 Å². The molecule has 0 aliphatic carbocycles. The van der Waals surface area contributed by atoms with Gasteiger partial charge in [0.1, 0.15) is 4.90 Å². The lowest BCUT2D eigenvalue weighted by molar-refractivity contribution is -0.384. The third-order valence-corrected chi connectivity index (χ3v) is 3.22. The fourth-order valence-electron chi connectivity index (χ4n) is 1.58. The van der Waals surface area contributed by atoms with Crippen LogP contribution in [0.3, 0.4) is 0 Å². The van der Waals surface area contributed by atoms with Gasteiger partial charge in [-0.05, 0) is 17.5 Å². The van der Waals surface area contributed by atoms with Crippen molar-refractivity contribution in [3.05, 3.63) is 46.5 Å². The largest absolute Gasteiger partial charge is 0.295 e. The number of nitro groups is 1. The molecule has 0 saturated carbocycles. The second kappa shape index (κ2) is 3.79. The van der Waals surface area contributed by atoms with Crippen LogP contribution < -0.4 is 0 Å². The molecule has 0 aromatic heterocycles. The molecule has 2 aromatic carbocycles. The molecule has 0 aliphatic heterocycles. The third-order valence-electron chi connectivity index (χ3n) is 2.31. The van der Waals surface area contributed by atoms with Gasteiger partial charge in [0.05, 0.1) is 4.92 Å². The van der Waals surface area contributed by atoms with Crippen molar-refractivity contribution in [3.63, 3.8) is 0 Å². The minimum atomic E-state index is -4.33. The van der Waals surface area contributed by atoms with Crippen LogP contribution in [0.4, 0.5) is 5.69 Å². The van der Waals surface area contributed by atoms with Gasteiger partial charge in [0.2, 0.25) is 0 Å². The Morgan fingerprint density at radius 2 is 1.88 bits per heavy atom. The van der Waals surface area contributed by atoms with Gasteiger partial charge in [-0.1, -0.05) is 12.1 Å². The molecule has 6 nitrogen and oxygen atoms in total. The maximum absolute atomic E-state index is 11.1. The molecule has 0 amide bonds. The molecule has 7 heteroatoms. The lowest BCUT2D eigenvalue weighted by Gasteiger charge is -2.03. The summed E-state index contributed by atoms with van der Waals surface area (Å²) in [7, 11) is -4.33. The zero-order valence-electron chi connectivity index (χ0n) is 8.40. The smallest absolute Gasteiger partial charge is 0.282 e. The molecule has 0 atom stereocenters. The van der Waals surface area contributed by atoms with E-state index in [0.29, 0.717) is 5.39 Å². The number of fused-ring (bicyclic) bond motifs is 1. The summed E-state index contributed by atoms with van der Waals surface area (Å²) in [5.74, 6) is 0. The molecule has 0 radical (unpaired) electrons. The van der Waals surface area contributed by atoms with Crippen LogP contribution in [-0.4, -0.2) is 17.9 Å². The Morgan fingerprint density at radius 1 is 1.18 bits per heavy atom. The Kier molecular flexibility index (Phi) is 2.56. The summed E-state index contributed by atoms with van der Waals surface area (Å²) in [6, 6.07) is 7.94. The Morgan fingerprint density at radius 3 is 2.47 bits per heavy atom. The fraction of sp³-hybridized carbons (Fsp3) is 0. The van der Waals surface area contributed by atoms with Crippen molar-refractivity contribution < 1.29 is 17.9 Å². The van der Waals surface area contributed by atoms with Gasteiger partial charge in [-0.15, -0.1) is 0 Å². The fourth-order valence-corrected chi connectivity index (χ4v) is 2.29. The quantitative estimate of drug-likeness (QED) is 0.501. The summed E-state index contributed by atoms with van der Waals surface area (Å²) < 4.78 is 31.2. The number of rotatable bonds is 2. The monoisotopic (exact) mass is 253 g/mol. The molecule has 1 N–H and O–H groups in total. The number of non-ortho nitro benzene ring substituents is 1. The highest BCUT2D eigenvalue weighted by atomic mass is 32.2. The van der Waals surface area contributed by atoms with E-state index in [2.05, 4.69) is 0 Å². The highest BCUT2D eigenvalue weighted by Gasteiger charge is 2.15. The van der Waals surface area contributed by atoms with Gasteiger partial charge in [-0.2, -0.15) is 8.42 Å². The number of benzene rings is 2. The van der Waals surface area contributed by atoms with E-state index in [1.165, 1.54) is 36.4 Å². The topological polar surface area (TPSA) is 97.5 Å². The van der Waals surface area contributed by atoms with Crippen LogP contribution in [0.15, 0.2) is 41.3 Å². The molecular weight excluding hydrogens is 246 g/mol. The van der Waals surface area contributed by atoms with Crippen LogP contribution >= 0.6 is 0 Å². The summed E-state index contributed by atoms with van der Waals surface area (Å²) in [6.45, 7) is 0. The minimum Gasteiger partial charge on any atom is -0.282 e. The molecule has 0 heterocycles. The molecule has 0 unspecified atom stereocenters. The Labute approximate surface area is 96.4 Å². The summed E-state index contributed by atoms with van der Waals surface area (Å²) >= 11 is 0. The van der Waals surface area contributed by atoms with Crippen LogP contribution in [-0.2, 0) is 10.1 Å². The van der Waals surface area contributed by atoms with E-state index < -0.39 is 15.0 Å². The lowest BCUT2D eigenvalue weighted by Crippen LogP contribution is -1.99. The Balaban J connectivity index is 2.81. The van der Waals surface area contributed by atoms with E-state index in [-0.39, 0.29) is 16.0 Å². The summed E-state index contributed by atoms with van der Waals surface area (Å²) in [6.07, 6.45) is 0.